The summed E-state index contributed by atoms with van der Waals surface area (Å²) in [6.07, 6.45) is 3.13. The van der Waals surface area contributed by atoms with Gasteiger partial charge in [0.05, 0.1) is 11.3 Å². The van der Waals surface area contributed by atoms with Crippen molar-refractivity contribution in [3.05, 3.63) is 12.4 Å². The van der Waals surface area contributed by atoms with Gasteiger partial charge in [-0.1, -0.05) is 0 Å². The molecular formula is C2H2N3S. The van der Waals surface area contributed by atoms with Crippen LogP contribution < -0.4 is 5.22 Å². The molecule has 6 heavy (non-hydrogen) atoms. The molecule has 1 aliphatic heterocycles. The van der Waals surface area contributed by atoms with Gasteiger partial charge in [-0.15, -0.1) is 0 Å². The van der Waals surface area contributed by atoms with Crippen molar-refractivity contribution in [2.45, 2.75) is 0 Å². The molecule has 3 nitrogen and oxygen atoms in total. The summed E-state index contributed by atoms with van der Waals surface area (Å²) >= 11 is 4.49. The van der Waals surface area contributed by atoms with E-state index in [0.717, 1.165) is 0 Å². The van der Waals surface area contributed by atoms with E-state index in [1.165, 1.54) is 10.6 Å². The Kier molecular flexibility index (Phi) is 0.795. The molecular weight excluding hydrogens is 98.1 g/mol. The minimum Gasteiger partial charge on any atom is -0.583 e. The zero-order chi connectivity index (χ0) is 4.41. The van der Waals surface area contributed by atoms with Gasteiger partial charge in [0.2, 0.25) is 0 Å². The molecule has 4 heteroatoms. The average molecular weight is 100 g/mol. The van der Waals surface area contributed by atoms with E-state index in [1.54, 1.807) is 6.20 Å². The molecule has 0 spiro atoms. The van der Waals surface area contributed by atoms with Gasteiger partial charge in [-0.25, -0.2) is 0 Å². The topological polar surface area (TPSA) is 29.7 Å². The van der Waals surface area contributed by atoms with Gasteiger partial charge in [0.15, 0.2) is 0 Å². The van der Waals surface area contributed by atoms with Crippen molar-refractivity contribution in [3.63, 3.8) is 0 Å². The first kappa shape index (κ1) is 3.67. The fourth-order valence-electron chi connectivity index (χ4n) is 0.197. The monoisotopic (exact) mass is 100.0 g/mol. The third kappa shape index (κ3) is 0.514. The molecule has 1 radical (unpaired) electrons. The summed E-state index contributed by atoms with van der Waals surface area (Å²) in [6, 6.07) is 0. The molecule has 0 N–H and O–H groups in total. The molecule has 0 bridgehead atoms. The van der Waals surface area contributed by atoms with E-state index in [0.29, 0.717) is 0 Å². The summed E-state index contributed by atoms with van der Waals surface area (Å²) in [7, 11) is 0. The second-order valence-corrected chi connectivity index (χ2v) is 1.18. The lowest BCUT2D eigenvalue weighted by Crippen LogP contribution is -2.03. The van der Waals surface area contributed by atoms with Crippen molar-refractivity contribution in [3.8, 4) is 0 Å². The van der Waals surface area contributed by atoms with Crippen LogP contribution in [0.5, 0.6) is 0 Å². The second-order valence-electron chi connectivity index (χ2n) is 0.806. The molecule has 0 aromatic carbocycles. The predicted octanol–water partition coefficient (Wildman–Crippen LogP) is -0.0619. The fourth-order valence-corrected chi connectivity index (χ4v) is 0.294. The van der Waals surface area contributed by atoms with Crippen LogP contribution in [-0.4, -0.2) is 4.41 Å². The second kappa shape index (κ2) is 1.30. The van der Waals surface area contributed by atoms with E-state index in [4.69, 9.17) is 0 Å². The van der Waals surface area contributed by atoms with Gasteiger partial charge in [-0.2, -0.15) is 4.41 Å². The smallest absolute Gasteiger partial charge is 0.308 e. The first-order valence-corrected chi connectivity index (χ1v) is 1.80. The molecule has 0 aliphatic carbocycles. The third-order valence-electron chi connectivity index (χ3n) is 0.401. The van der Waals surface area contributed by atoms with Crippen LogP contribution in [0.4, 0.5) is 0 Å². The molecule has 0 atom stereocenters. The Balaban J connectivity index is 2.60. The van der Waals surface area contributed by atoms with E-state index in [9.17, 15) is 0 Å². The Bertz CT molecular complexity index is 85.0. The van der Waals surface area contributed by atoms with Crippen LogP contribution in [0.25, 0.3) is 0 Å². The molecule has 1 aliphatic rings. The van der Waals surface area contributed by atoms with Gasteiger partial charge in [-0.3, -0.25) is 0 Å². The van der Waals surface area contributed by atoms with Crippen LogP contribution in [0.1, 0.15) is 0 Å². The van der Waals surface area contributed by atoms with E-state index < -0.39 is 0 Å². The highest BCUT2D eigenvalue weighted by molar-refractivity contribution is 7.55. The summed E-state index contributed by atoms with van der Waals surface area (Å²) in [5.41, 5.74) is 0. The van der Waals surface area contributed by atoms with Gasteiger partial charge >= 0.3 is 5.22 Å². The van der Waals surface area contributed by atoms with Crippen LogP contribution in [0.2, 0.25) is 0 Å². The van der Waals surface area contributed by atoms with Crippen molar-refractivity contribution in [1.82, 2.24) is 9.64 Å². The van der Waals surface area contributed by atoms with E-state index in [1.807, 2.05) is 0 Å². The highest BCUT2D eigenvalue weighted by Gasteiger charge is 1.95. The number of rotatable bonds is 0. The van der Waals surface area contributed by atoms with Gasteiger partial charge in [-0.05, 0) is 0 Å². The molecule has 0 amide bonds. The van der Waals surface area contributed by atoms with Crippen molar-refractivity contribution in [2.24, 2.45) is 5.11 Å². The predicted molar refractivity (Wildman–Crippen MR) is 22.9 cm³/mol. The fraction of sp³-hybridized carbons (Fsp3) is 0. The first-order valence-electron chi connectivity index (χ1n) is 1.43. The molecule has 0 aromatic rings. The SMILES string of the molecule is [S-]N1C=CN=[N+]1. The maximum absolute atomic E-state index is 4.49. The van der Waals surface area contributed by atoms with E-state index in [2.05, 4.69) is 23.2 Å². The zero-order valence-corrected chi connectivity index (χ0v) is 3.72. The molecule has 0 saturated carbocycles. The third-order valence-corrected chi connectivity index (χ3v) is 0.595. The van der Waals surface area contributed by atoms with Crippen LogP contribution in [0.15, 0.2) is 17.5 Å². The lowest BCUT2D eigenvalue weighted by atomic mass is 11.0. The zero-order valence-electron chi connectivity index (χ0n) is 2.90. The van der Waals surface area contributed by atoms with Gasteiger partial charge in [0, 0.05) is 0 Å². The lowest BCUT2D eigenvalue weighted by Gasteiger charge is -1.94. The van der Waals surface area contributed by atoms with Crippen LogP contribution >= 0.6 is 0 Å². The molecule has 1 rings (SSSR count). The minimum atomic E-state index is 1.22. The molecule has 0 saturated heterocycles. The minimum absolute atomic E-state index is 1.22. The maximum Gasteiger partial charge on any atom is 0.308 e. The van der Waals surface area contributed by atoms with E-state index >= 15 is 0 Å². The maximum atomic E-state index is 4.49. The Morgan fingerprint density at radius 1 is 1.83 bits per heavy atom. The van der Waals surface area contributed by atoms with Crippen LogP contribution in [0.3, 0.4) is 0 Å². The summed E-state index contributed by atoms with van der Waals surface area (Å²) < 4.78 is 1.22. The number of hydrogen-bond donors (Lipinski definition) is 0. The largest absolute Gasteiger partial charge is 0.583 e. The summed E-state index contributed by atoms with van der Waals surface area (Å²) in [5, 5.41) is 6.83. The summed E-state index contributed by atoms with van der Waals surface area (Å²) in [5.74, 6) is 0. The number of nitrogens with zero attached hydrogens (tertiary/aromatic N) is 3. The Morgan fingerprint density at radius 3 is 2.83 bits per heavy atom. The summed E-state index contributed by atoms with van der Waals surface area (Å²) in [6.45, 7) is 0. The Labute approximate surface area is 40.9 Å². The van der Waals surface area contributed by atoms with Gasteiger partial charge in [0.1, 0.15) is 6.20 Å². The average Bonchev–Trinajstić information content (AvgIpc) is 1.86. The standard InChI is InChI=1S/C2H2N3S/c6-5-2-1-3-4-5/h1-2H. The van der Waals surface area contributed by atoms with Crippen molar-refractivity contribution >= 4 is 12.8 Å². The summed E-state index contributed by atoms with van der Waals surface area (Å²) in [4.78, 5) is 0. The number of hydrogen-bond acceptors (Lipinski definition) is 4. The normalized spacial score (nSPS) is 17.2. The first-order chi connectivity index (χ1) is 2.89. The van der Waals surface area contributed by atoms with Gasteiger partial charge in [0.25, 0.3) is 0 Å². The quantitative estimate of drug-likeness (QED) is 0.399. The van der Waals surface area contributed by atoms with Crippen molar-refractivity contribution in [2.75, 3.05) is 0 Å². The highest BCUT2D eigenvalue weighted by Crippen LogP contribution is 1.85. The molecule has 1 heterocycles. The molecule has 0 unspecified atom stereocenters. The van der Waals surface area contributed by atoms with Crippen molar-refractivity contribution < 1.29 is 0 Å². The Hall–Kier alpha value is -0.510. The molecule has 0 fully saturated rings. The Morgan fingerprint density at radius 2 is 2.67 bits per heavy atom. The van der Waals surface area contributed by atoms with Crippen LogP contribution in [-0.2, 0) is 12.8 Å². The van der Waals surface area contributed by atoms with Crippen LogP contribution in [0, 0.1) is 0 Å². The van der Waals surface area contributed by atoms with E-state index in [-0.39, 0.29) is 0 Å². The van der Waals surface area contributed by atoms with Gasteiger partial charge < -0.3 is 12.8 Å². The van der Waals surface area contributed by atoms with Crippen molar-refractivity contribution in [1.29, 1.82) is 0 Å². The highest BCUT2D eigenvalue weighted by atomic mass is 32.1. The molecule has 0 aromatic heterocycles. The lowest BCUT2D eigenvalue weighted by molar-refractivity contribution is 0.575. The molecule has 31 valence electrons.